The van der Waals surface area contributed by atoms with Gasteiger partial charge in [-0.05, 0) is 31.0 Å². The van der Waals surface area contributed by atoms with Gasteiger partial charge in [0.1, 0.15) is 0 Å². The van der Waals surface area contributed by atoms with Gasteiger partial charge in [0.15, 0.2) is 0 Å². The van der Waals surface area contributed by atoms with Crippen molar-refractivity contribution in [1.29, 1.82) is 0 Å². The Morgan fingerprint density at radius 1 is 0.594 bits per heavy atom. The van der Waals surface area contributed by atoms with Crippen molar-refractivity contribution in [1.82, 2.24) is 0 Å². The summed E-state index contributed by atoms with van der Waals surface area (Å²) in [6.07, 6.45) is 0. The van der Waals surface area contributed by atoms with Gasteiger partial charge in [0.2, 0.25) is 0 Å². The fourth-order valence-corrected chi connectivity index (χ4v) is 7.49. The predicted octanol–water partition coefficient (Wildman–Crippen LogP) is 4.40. The Labute approximate surface area is 204 Å². The SMILES string of the molecule is Cc1ccc(C)c2c1cc[c-]2C(c1ccccc1)P(c1ccccc1)c1ccccc1.[Li+]. The van der Waals surface area contributed by atoms with Crippen molar-refractivity contribution in [3.63, 3.8) is 0 Å². The average molecular weight is 424 g/mol. The van der Waals surface area contributed by atoms with Gasteiger partial charge >= 0.3 is 18.9 Å². The Bertz CT molecular complexity index is 1250. The summed E-state index contributed by atoms with van der Waals surface area (Å²) in [5.41, 5.74) is 5.83. The Balaban J connectivity index is 0.00000245. The maximum Gasteiger partial charge on any atom is 1.00 e. The number of hydrogen-bond donors (Lipinski definition) is 0. The summed E-state index contributed by atoms with van der Waals surface area (Å²) in [5.74, 6) is 0. The fraction of sp³-hybridized carbons (Fsp3) is 0.100. The van der Waals surface area contributed by atoms with Gasteiger partial charge in [0, 0.05) is 5.66 Å². The molecule has 0 amide bonds. The molecule has 5 aromatic carbocycles. The second-order valence-electron chi connectivity index (χ2n) is 8.13. The molecular weight excluding hydrogens is 398 g/mol. The zero-order chi connectivity index (χ0) is 21.2. The average Bonchev–Trinajstić information content (AvgIpc) is 3.27. The molecule has 1 unspecified atom stereocenters. The maximum atomic E-state index is 2.38. The van der Waals surface area contributed by atoms with E-state index in [0.717, 1.165) is 0 Å². The van der Waals surface area contributed by atoms with Gasteiger partial charge in [-0.15, -0.1) is 34.0 Å². The third-order valence-corrected chi connectivity index (χ3v) is 8.93. The molecule has 2 heteroatoms. The van der Waals surface area contributed by atoms with Crippen LogP contribution >= 0.6 is 7.92 Å². The molecule has 0 bridgehead atoms. The van der Waals surface area contributed by atoms with Crippen molar-refractivity contribution >= 4 is 29.3 Å². The van der Waals surface area contributed by atoms with Crippen LogP contribution in [0.25, 0.3) is 10.8 Å². The molecule has 0 heterocycles. The van der Waals surface area contributed by atoms with E-state index < -0.39 is 7.92 Å². The molecule has 0 aromatic heterocycles. The quantitative estimate of drug-likeness (QED) is 0.223. The van der Waals surface area contributed by atoms with Crippen LogP contribution in [-0.2, 0) is 0 Å². The molecule has 0 saturated carbocycles. The number of aryl methyl sites for hydroxylation is 2. The summed E-state index contributed by atoms with van der Waals surface area (Å²) in [6, 6.07) is 42.4. The minimum Gasteiger partial charge on any atom is -0.168 e. The first-order valence-corrected chi connectivity index (χ1v) is 12.2. The first kappa shape index (κ1) is 22.7. The molecule has 0 radical (unpaired) electrons. The van der Waals surface area contributed by atoms with E-state index in [1.54, 1.807) is 0 Å². The van der Waals surface area contributed by atoms with Gasteiger partial charge in [-0.3, -0.25) is 0 Å². The van der Waals surface area contributed by atoms with Crippen LogP contribution in [0.5, 0.6) is 0 Å². The molecule has 0 aliphatic rings. The van der Waals surface area contributed by atoms with Crippen molar-refractivity contribution in [2.75, 3.05) is 0 Å². The van der Waals surface area contributed by atoms with Gasteiger partial charge in [-0.1, -0.05) is 110 Å². The van der Waals surface area contributed by atoms with Gasteiger partial charge in [0.25, 0.3) is 0 Å². The molecule has 5 rings (SSSR count). The first-order valence-electron chi connectivity index (χ1n) is 10.8. The van der Waals surface area contributed by atoms with Crippen molar-refractivity contribution in [3.8, 4) is 0 Å². The minimum absolute atomic E-state index is 0. The Morgan fingerprint density at radius 2 is 1.09 bits per heavy atom. The predicted molar refractivity (Wildman–Crippen MR) is 136 cm³/mol. The molecule has 0 N–H and O–H groups in total. The van der Waals surface area contributed by atoms with E-state index in [4.69, 9.17) is 0 Å². The van der Waals surface area contributed by atoms with Crippen LogP contribution in [0.1, 0.15) is 27.9 Å². The molecule has 0 spiro atoms. The molecule has 0 saturated heterocycles. The van der Waals surface area contributed by atoms with E-state index in [2.05, 4.69) is 129 Å². The Kier molecular flexibility index (Phi) is 7.08. The van der Waals surface area contributed by atoms with E-state index in [0.29, 0.717) is 5.66 Å². The van der Waals surface area contributed by atoms with E-state index in [-0.39, 0.29) is 18.9 Å². The van der Waals surface area contributed by atoms with E-state index in [1.807, 2.05) is 0 Å². The standard InChI is InChI=1S/C30H26P.Li/c1-22-18-19-23(2)29-27(22)20-21-28(29)30(24-12-6-3-7-13-24)31(25-14-8-4-9-15-25)26-16-10-5-11-17-26;/h3-21,30H,1-2H3;/q-1;+1. The molecule has 0 fully saturated rings. The minimum atomic E-state index is -0.636. The van der Waals surface area contributed by atoms with Crippen molar-refractivity contribution in [2.24, 2.45) is 0 Å². The zero-order valence-corrected chi connectivity index (χ0v) is 19.9. The third-order valence-electron chi connectivity index (χ3n) is 6.13. The maximum absolute atomic E-state index is 2.38. The molecule has 152 valence electrons. The van der Waals surface area contributed by atoms with E-state index >= 15 is 0 Å². The van der Waals surface area contributed by atoms with Crippen LogP contribution in [0.3, 0.4) is 0 Å². The van der Waals surface area contributed by atoms with Gasteiger partial charge < -0.3 is 0 Å². The monoisotopic (exact) mass is 424 g/mol. The molecule has 1 atom stereocenters. The number of benzene rings is 4. The number of fused-ring (bicyclic) bond motifs is 1. The molecular formula is C30H26LiP. The number of hydrogen-bond acceptors (Lipinski definition) is 0. The van der Waals surface area contributed by atoms with Gasteiger partial charge in [0.05, 0.1) is 0 Å². The summed E-state index contributed by atoms with van der Waals surface area (Å²) in [7, 11) is -0.636. The molecule has 32 heavy (non-hydrogen) atoms. The third kappa shape index (κ3) is 4.24. The van der Waals surface area contributed by atoms with Crippen LogP contribution in [0.4, 0.5) is 0 Å². The summed E-state index contributed by atoms with van der Waals surface area (Å²) >= 11 is 0. The van der Waals surface area contributed by atoms with Crippen LogP contribution in [0.15, 0.2) is 115 Å². The summed E-state index contributed by atoms with van der Waals surface area (Å²) in [5, 5.41) is 5.63. The van der Waals surface area contributed by atoms with Gasteiger partial charge in [-0.2, -0.15) is 6.07 Å². The Hall–Kier alpha value is -2.48. The second-order valence-corrected chi connectivity index (χ2v) is 10.4. The Morgan fingerprint density at radius 3 is 1.66 bits per heavy atom. The summed E-state index contributed by atoms with van der Waals surface area (Å²) in [6.45, 7) is 4.47. The van der Waals surface area contributed by atoms with E-state index in [9.17, 15) is 0 Å². The fourth-order valence-electron chi connectivity index (χ4n) is 4.64. The van der Waals surface area contributed by atoms with Crippen LogP contribution in [-0.4, -0.2) is 0 Å². The van der Waals surface area contributed by atoms with E-state index in [1.165, 1.54) is 43.6 Å². The second kappa shape index (κ2) is 9.98. The summed E-state index contributed by atoms with van der Waals surface area (Å²) < 4.78 is 0. The van der Waals surface area contributed by atoms with Crippen LogP contribution in [0.2, 0.25) is 0 Å². The van der Waals surface area contributed by atoms with Crippen molar-refractivity contribution in [3.05, 3.63) is 138 Å². The van der Waals surface area contributed by atoms with Crippen LogP contribution < -0.4 is 29.5 Å². The van der Waals surface area contributed by atoms with Gasteiger partial charge in [-0.25, -0.2) is 0 Å². The van der Waals surface area contributed by atoms with Crippen molar-refractivity contribution < 1.29 is 18.9 Å². The van der Waals surface area contributed by atoms with Crippen molar-refractivity contribution in [2.45, 2.75) is 19.5 Å². The normalized spacial score (nSPS) is 12.0. The van der Waals surface area contributed by atoms with Crippen LogP contribution in [0, 0.1) is 13.8 Å². The molecule has 0 nitrogen and oxygen atoms in total. The topological polar surface area (TPSA) is 0 Å². The molecule has 0 aliphatic heterocycles. The summed E-state index contributed by atoms with van der Waals surface area (Å²) in [4.78, 5) is 0. The molecule has 5 aromatic rings. The number of rotatable bonds is 5. The smallest absolute Gasteiger partial charge is 0.168 e. The zero-order valence-electron chi connectivity index (χ0n) is 19.0. The first-order chi connectivity index (χ1) is 15.2. The largest absolute Gasteiger partial charge is 1.00 e. The molecule has 0 aliphatic carbocycles.